The molecule has 1 aromatic rings. The lowest BCUT2D eigenvalue weighted by atomic mass is 9.76. The average Bonchev–Trinajstić information content (AvgIpc) is 2.84. The molecular formula is C19H29NO4. The largest absolute Gasteiger partial charge is 0.455 e. The Bertz CT molecular complexity index is 630. The molecule has 0 radical (unpaired) electrons. The summed E-state index contributed by atoms with van der Waals surface area (Å²) >= 11 is 0. The van der Waals surface area contributed by atoms with Gasteiger partial charge < -0.3 is 14.8 Å². The number of fused-ring (bicyclic) bond motifs is 1. The van der Waals surface area contributed by atoms with Crippen LogP contribution in [0.4, 0.5) is 0 Å². The van der Waals surface area contributed by atoms with Gasteiger partial charge in [0.1, 0.15) is 5.76 Å². The summed E-state index contributed by atoms with van der Waals surface area (Å²) in [4.78, 5) is 24.9. The minimum absolute atomic E-state index is 0.0284. The van der Waals surface area contributed by atoms with Gasteiger partial charge in [-0.1, -0.05) is 27.7 Å². The molecule has 0 unspecified atom stereocenters. The summed E-state index contributed by atoms with van der Waals surface area (Å²) in [5, 5.41) is 12.5. The fourth-order valence-corrected chi connectivity index (χ4v) is 3.43. The van der Waals surface area contributed by atoms with Crippen molar-refractivity contribution in [1.82, 2.24) is 5.32 Å². The number of furan rings is 1. The highest BCUT2D eigenvalue weighted by Crippen LogP contribution is 2.38. The monoisotopic (exact) mass is 335 g/mol. The molecule has 1 heterocycles. The third kappa shape index (κ3) is 3.41. The topological polar surface area (TPSA) is 79.5 Å². The number of hydrogen-bond acceptors (Lipinski definition) is 4. The van der Waals surface area contributed by atoms with Crippen LogP contribution >= 0.6 is 0 Å². The zero-order chi connectivity index (χ0) is 18.1. The van der Waals surface area contributed by atoms with Gasteiger partial charge >= 0.3 is 0 Å². The van der Waals surface area contributed by atoms with Gasteiger partial charge in [-0.2, -0.15) is 0 Å². The number of ketones is 1. The van der Waals surface area contributed by atoms with Gasteiger partial charge in [0.25, 0.3) is 5.91 Å². The van der Waals surface area contributed by atoms with Gasteiger partial charge in [-0.05, 0) is 25.2 Å². The van der Waals surface area contributed by atoms with Crippen molar-refractivity contribution in [3.8, 4) is 0 Å². The number of carbonyl (C=O) groups excluding carboxylic acids is 2. The van der Waals surface area contributed by atoms with Crippen molar-refractivity contribution in [2.45, 2.75) is 60.3 Å². The maximum absolute atomic E-state index is 12.5. The van der Waals surface area contributed by atoms with Gasteiger partial charge in [-0.3, -0.25) is 9.59 Å². The fourth-order valence-electron chi connectivity index (χ4n) is 3.43. The molecule has 1 aromatic heterocycles. The first-order chi connectivity index (χ1) is 11.2. The molecule has 24 heavy (non-hydrogen) atoms. The minimum atomic E-state index is -0.313. The Balaban J connectivity index is 2.22. The van der Waals surface area contributed by atoms with Gasteiger partial charge in [-0.15, -0.1) is 0 Å². The highest BCUT2D eigenvalue weighted by atomic mass is 16.4. The van der Waals surface area contributed by atoms with Crippen molar-refractivity contribution in [2.24, 2.45) is 10.8 Å². The molecule has 1 amide bonds. The predicted molar refractivity (Wildman–Crippen MR) is 92.3 cm³/mol. The molecule has 2 rings (SSSR count). The second-order valence-corrected chi connectivity index (χ2v) is 7.84. The minimum Gasteiger partial charge on any atom is -0.455 e. The lowest BCUT2D eigenvalue weighted by molar-refractivity contribution is 0.0819. The number of Topliss-reactive ketones (excluding diaryl/α,β-unsaturated/α-hetero) is 1. The molecule has 134 valence electrons. The zero-order valence-electron chi connectivity index (χ0n) is 15.4. The van der Waals surface area contributed by atoms with E-state index >= 15 is 0 Å². The Hall–Kier alpha value is -1.62. The van der Waals surface area contributed by atoms with E-state index in [4.69, 9.17) is 4.42 Å². The third-order valence-electron chi connectivity index (χ3n) is 5.44. The van der Waals surface area contributed by atoms with Crippen LogP contribution in [0.2, 0.25) is 0 Å². The Morgan fingerprint density at radius 2 is 1.92 bits per heavy atom. The molecule has 0 saturated carbocycles. The van der Waals surface area contributed by atoms with E-state index in [1.165, 1.54) is 0 Å². The van der Waals surface area contributed by atoms with Crippen LogP contribution in [0.5, 0.6) is 0 Å². The van der Waals surface area contributed by atoms with Gasteiger partial charge in [0.2, 0.25) is 0 Å². The van der Waals surface area contributed by atoms with E-state index in [0.29, 0.717) is 36.3 Å². The summed E-state index contributed by atoms with van der Waals surface area (Å²) in [6, 6.07) is 0. The average molecular weight is 335 g/mol. The smallest absolute Gasteiger partial charge is 0.287 e. The van der Waals surface area contributed by atoms with E-state index < -0.39 is 0 Å². The maximum Gasteiger partial charge on any atom is 0.287 e. The van der Waals surface area contributed by atoms with E-state index in [-0.39, 0.29) is 34.9 Å². The third-order valence-corrected chi connectivity index (χ3v) is 5.44. The van der Waals surface area contributed by atoms with Crippen LogP contribution in [0.25, 0.3) is 0 Å². The summed E-state index contributed by atoms with van der Waals surface area (Å²) in [6.07, 6.45) is 2.69. The van der Waals surface area contributed by atoms with E-state index in [1.807, 2.05) is 27.7 Å². The number of amides is 1. The first kappa shape index (κ1) is 18.7. The number of aliphatic hydroxyl groups excluding tert-OH is 1. The summed E-state index contributed by atoms with van der Waals surface area (Å²) in [5.41, 5.74) is 0.760. The van der Waals surface area contributed by atoms with Gasteiger partial charge in [0, 0.05) is 30.4 Å². The van der Waals surface area contributed by atoms with Crippen molar-refractivity contribution in [2.75, 3.05) is 13.2 Å². The normalized spacial score (nSPS) is 16.8. The molecule has 0 atom stereocenters. The lowest BCUT2D eigenvalue weighted by Crippen LogP contribution is -2.39. The molecule has 1 aliphatic rings. The van der Waals surface area contributed by atoms with E-state index in [0.717, 1.165) is 12.8 Å². The highest BCUT2D eigenvalue weighted by molar-refractivity contribution is 6.03. The first-order valence-corrected chi connectivity index (χ1v) is 8.73. The molecule has 0 aliphatic heterocycles. The van der Waals surface area contributed by atoms with Crippen molar-refractivity contribution in [3.05, 3.63) is 22.6 Å². The molecule has 0 bridgehead atoms. The quantitative estimate of drug-likeness (QED) is 0.836. The number of aliphatic hydroxyl groups is 1. The van der Waals surface area contributed by atoms with E-state index in [1.54, 1.807) is 6.92 Å². The summed E-state index contributed by atoms with van der Waals surface area (Å²) < 4.78 is 5.78. The van der Waals surface area contributed by atoms with Crippen LogP contribution in [0.15, 0.2) is 4.42 Å². The predicted octanol–water partition coefficient (Wildman–Crippen LogP) is 3.27. The molecule has 0 spiro atoms. The first-order valence-electron chi connectivity index (χ1n) is 8.73. The van der Waals surface area contributed by atoms with Crippen LogP contribution in [-0.2, 0) is 6.42 Å². The van der Waals surface area contributed by atoms with Crippen LogP contribution in [0, 0.1) is 17.8 Å². The molecule has 5 nitrogen and oxygen atoms in total. The number of rotatable bonds is 6. The molecule has 0 aromatic carbocycles. The second-order valence-electron chi connectivity index (χ2n) is 7.84. The molecule has 0 saturated heterocycles. The van der Waals surface area contributed by atoms with Gasteiger partial charge in [0.15, 0.2) is 11.5 Å². The SMILES string of the molecule is CCC(CC)(CO)CNC(=O)c1oc2c(c1C)C(=O)CC(C)(C)C2. The van der Waals surface area contributed by atoms with E-state index in [2.05, 4.69) is 5.32 Å². The molecule has 1 aliphatic carbocycles. The van der Waals surface area contributed by atoms with Crippen LogP contribution in [0.1, 0.15) is 79.2 Å². The summed E-state index contributed by atoms with van der Waals surface area (Å²) in [6.45, 7) is 10.3. The van der Waals surface area contributed by atoms with Crippen molar-refractivity contribution >= 4 is 11.7 Å². The fraction of sp³-hybridized carbons (Fsp3) is 0.684. The molecule has 0 fully saturated rings. The Kier molecular flexibility index (Phi) is 5.23. The molecular weight excluding hydrogens is 306 g/mol. The zero-order valence-corrected chi connectivity index (χ0v) is 15.4. The number of nitrogens with one attached hydrogen (secondary N) is 1. The standard InChI is InChI=1S/C19H29NO4/c1-6-19(7-2,11-21)10-20-17(23)16-12(3)15-13(22)8-18(4,5)9-14(15)24-16/h21H,6-11H2,1-5H3,(H,20,23). The number of carbonyl (C=O) groups is 2. The van der Waals surface area contributed by atoms with Crippen molar-refractivity contribution < 1.29 is 19.1 Å². The number of hydrogen-bond donors (Lipinski definition) is 2. The lowest BCUT2D eigenvalue weighted by Gasteiger charge is -2.29. The van der Waals surface area contributed by atoms with Crippen LogP contribution < -0.4 is 5.32 Å². The Labute approximate surface area is 143 Å². The summed E-state index contributed by atoms with van der Waals surface area (Å²) in [7, 11) is 0. The molecule has 2 N–H and O–H groups in total. The Morgan fingerprint density at radius 3 is 2.46 bits per heavy atom. The van der Waals surface area contributed by atoms with Crippen LogP contribution in [0.3, 0.4) is 0 Å². The van der Waals surface area contributed by atoms with E-state index in [9.17, 15) is 14.7 Å². The van der Waals surface area contributed by atoms with Gasteiger partial charge in [0.05, 0.1) is 12.2 Å². The highest BCUT2D eigenvalue weighted by Gasteiger charge is 2.37. The maximum atomic E-state index is 12.5. The summed E-state index contributed by atoms with van der Waals surface area (Å²) in [5.74, 6) is 0.587. The van der Waals surface area contributed by atoms with Crippen molar-refractivity contribution in [1.29, 1.82) is 0 Å². The van der Waals surface area contributed by atoms with Crippen LogP contribution in [-0.4, -0.2) is 29.9 Å². The second kappa shape index (κ2) is 6.71. The Morgan fingerprint density at radius 1 is 1.29 bits per heavy atom. The van der Waals surface area contributed by atoms with Crippen molar-refractivity contribution in [3.63, 3.8) is 0 Å². The molecule has 5 heteroatoms. The van der Waals surface area contributed by atoms with Gasteiger partial charge in [-0.25, -0.2) is 0 Å².